The Morgan fingerprint density at radius 2 is 1.84 bits per heavy atom. The van der Waals surface area contributed by atoms with E-state index in [9.17, 15) is 9.59 Å². The second-order valence-corrected chi connectivity index (χ2v) is 6.54. The van der Waals surface area contributed by atoms with Crippen molar-refractivity contribution in [3.63, 3.8) is 0 Å². The first-order valence-corrected chi connectivity index (χ1v) is 8.30. The van der Waals surface area contributed by atoms with Gasteiger partial charge in [-0.1, -0.05) is 55.8 Å². The number of fused-ring (bicyclic) bond motifs is 1. The highest BCUT2D eigenvalue weighted by atomic mass is 35.5. The molecule has 5 heteroatoms. The van der Waals surface area contributed by atoms with E-state index in [1.807, 2.05) is 25.1 Å². The minimum absolute atomic E-state index is 0.114. The molecule has 0 radical (unpaired) electrons. The standard InChI is InChI=1S/C20H17ClO4/c1-11(2)20(23)25-19-17(22)14-10-15(21)12(3)9-16(14)24-18(19)13-7-5-4-6-8-13/h4-11H,1-3H3. The van der Waals surface area contributed by atoms with Gasteiger partial charge in [0, 0.05) is 10.6 Å². The van der Waals surface area contributed by atoms with Gasteiger partial charge >= 0.3 is 5.97 Å². The van der Waals surface area contributed by atoms with E-state index in [2.05, 4.69) is 0 Å². The highest BCUT2D eigenvalue weighted by Crippen LogP contribution is 2.32. The Morgan fingerprint density at radius 3 is 2.48 bits per heavy atom. The third-order valence-corrected chi connectivity index (χ3v) is 4.25. The largest absolute Gasteiger partial charge is 0.452 e. The maximum Gasteiger partial charge on any atom is 0.314 e. The van der Waals surface area contributed by atoms with Crippen molar-refractivity contribution in [3.05, 3.63) is 63.3 Å². The summed E-state index contributed by atoms with van der Waals surface area (Å²) in [5.74, 6) is -0.756. The molecular formula is C20H17ClO4. The molecule has 0 aliphatic rings. The monoisotopic (exact) mass is 356 g/mol. The summed E-state index contributed by atoms with van der Waals surface area (Å²) in [5, 5.41) is 0.732. The minimum Gasteiger partial charge on any atom is -0.452 e. The molecule has 3 rings (SSSR count). The van der Waals surface area contributed by atoms with Gasteiger partial charge in [0.2, 0.25) is 11.2 Å². The number of aryl methyl sites for hydroxylation is 1. The van der Waals surface area contributed by atoms with E-state index in [4.69, 9.17) is 20.8 Å². The van der Waals surface area contributed by atoms with E-state index in [0.717, 1.165) is 5.56 Å². The van der Waals surface area contributed by atoms with Gasteiger partial charge < -0.3 is 9.15 Å². The summed E-state index contributed by atoms with van der Waals surface area (Å²) in [6.07, 6.45) is 0. The summed E-state index contributed by atoms with van der Waals surface area (Å²) in [5.41, 5.74) is 1.43. The zero-order chi connectivity index (χ0) is 18.1. The van der Waals surface area contributed by atoms with Crippen LogP contribution in [0.3, 0.4) is 0 Å². The third kappa shape index (κ3) is 3.30. The fourth-order valence-corrected chi connectivity index (χ4v) is 2.55. The number of halogens is 1. The summed E-state index contributed by atoms with van der Waals surface area (Å²) in [6.45, 7) is 5.23. The van der Waals surface area contributed by atoms with Gasteiger partial charge in [-0.2, -0.15) is 0 Å². The Balaban J connectivity index is 2.33. The molecule has 1 aromatic heterocycles. The van der Waals surface area contributed by atoms with Crippen molar-refractivity contribution >= 4 is 28.5 Å². The number of benzene rings is 2. The lowest BCUT2D eigenvalue weighted by atomic mass is 10.1. The zero-order valence-electron chi connectivity index (χ0n) is 14.1. The number of hydrogen-bond donors (Lipinski definition) is 0. The highest BCUT2D eigenvalue weighted by molar-refractivity contribution is 6.32. The summed E-state index contributed by atoms with van der Waals surface area (Å²) in [4.78, 5) is 25.0. The first kappa shape index (κ1) is 17.2. The molecule has 0 spiro atoms. The lowest BCUT2D eigenvalue weighted by molar-refractivity contribution is -0.137. The molecule has 0 bridgehead atoms. The average Bonchev–Trinajstić information content (AvgIpc) is 2.59. The molecule has 0 aliphatic heterocycles. The van der Waals surface area contributed by atoms with Gasteiger partial charge in [0.15, 0.2) is 5.76 Å². The molecule has 2 aromatic carbocycles. The van der Waals surface area contributed by atoms with Crippen LogP contribution < -0.4 is 10.2 Å². The van der Waals surface area contributed by atoms with Crippen molar-refractivity contribution in [2.45, 2.75) is 20.8 Å². The number of rotatable bonds is 3. The van der Waals surface area contributed by atoms with Crippen molar-refractivity contribution in [1.82, 2.24) is 0 Å². The van der Waals surface area contributed by atoms with E-state index in [0.29, 0.717) is 16.2 Å². The van der Waals surface area contributed by atoms with Crippen LogP contribution in [0.15, 0.2) is 51.7 Å². The Kier molecular flexibility index (Phi) is 4.64. The summed E-state index contributed by atoms with van der Waals surface area (Å²) in [6, 6.07) is 12.3. The number of carbonyl (C=O) groups is 1. The Hall–Kier alpha value is -2.59. The quantitative estimate of drug-likeness (QED) is 0.621. The molecule has 3 aromatic rings. The normalized spacial score (nSPS) is 11.1. The van der Waals surface area contributed by atoms with Crippen molar-refractivity contribution in [1.29, 1.82) is 0 Å². The lowest BCUT2D eigenvalue weighted by Crippen LogP contribution is -2.20. The second-order valence-electron chi connectivity index (χ2n) is 6.13. The van der Waals surface area contributed by atoms with Crippen LogP contribution in [0.25, 0.3) is 22.3 Å². The molecule has 0 saturated carbocycles. The molecule has 0 unspecified atom stereocenters. The first-order chi connectivity index (χ1) is 11.9. The smallest absolute Gasteiger partial charge is 0.314 e. The topological polar surface area (TPSA) is 56.5 Å². The van der Waals surface area contributed by atoms with E-state index in [-0.39, 0.29) is 22.8 Å². The minimum atomic E-state index is -0.498. The van der Waals surface area contributed by atoms with E-state index >= 15 is 0 Å². The number of esters is 1. The molecule has 4 nitrogen and oxygen atoms in total. The van der Waals surface area contributed by atoms with Gasteiger partial charge in [-0.3, -0.25) is 9.59 Å². The maximum absolute atomic E-state index is 12.9. The Morgan fingerprint density at radius 1 is 1.16 bits per heavy atom. The maximum atomic E-state index is 12.9. The third-order valence-electron chi connectivity index (χ3n) is 3.84. The van der Waals surface area contributed by atoms with Crippen LogP contribution in [0.2, 0.25) is 5.02 Å². The van der Waals surface area contributed by atoms with Crippen molar-refractivity contribution in [2.24, 2.45) is 5.92 Å². The molecule has 1 heterocycles. The van der Waals surface area contributed by atoms with Crippen LogP contribution in [0.1, 0.15) is 19.4 Å². The van der Waals surface area contributed by atoms with Crippen LogP contribution in [0.5, 0.6) is 5.75 Å². The van der Waals surface area contributed by atoms with E-state index in [1.54, 1.807) is 38.1 Å². The fourth-order valence-electron chi connectivity index (χ4n) is 2.39. The van der Waals surface area contributed by atoms with Crippen molar-refractivity contribution < 1.29 is 13.9 Å². The van der Waals surface area contributed by atoms with Crippen LogP contribution in [-0.4, -0.2) is 5.97 Å². The van der Waals surface area contributed by atoms with Gasteiger partial charge in [0.25, 0.3) is 0 Å². The molecule has 0 N–H and O–H groups in total. The van der Waals surface area contributed by atoms with Gasteiger partial charge in [0.1, 0.15) is 5.58 Å². The molecule has 0 saturated heterocycles. The Labute approximate surface area is 150 Å². The van der Waals surface area contributed by atoms with Gasteiger partial charge in [0.05, 0.1) is 11.3 Å². The molecule has 128 valence electrons. The molecular weight excluding hydrogens is 340 g/mol. The van der Waals surface area contributed by atoms with Crippen LogP contribution >= 0.6 is 11.6 Å². The van der Waals surface area contributed by atoms with Crippen LogP contribution in [-0.2, 0) is 4.79 Å². The number of hydrogen-bond acceptors (Lipinski definition) is 4. The van der Waals surface area contributed by atoms with Crippen molar-refractivity contribution in [2.75, 3.05) is 0 Å². The molecule has 0 aliphatic carbocycles. The SMILES string of the molecule is Cc1cc2oc(-c3ccccc3)c(OC(=O)C(C)C)c(=O)c2cc1Cl. The predicted octanol–water partition coefficient (Wildman–Crippen LogP) is 4.98. The van der Waals surface area contributed by atoms with E-state index in [1.165, 1.54) is 0 Å². The second kappa shape index (κ2) is 6.73. The van der Waals surface area contributed by atoms with Crippen molar-refractivity contribution in [3.8, 4) is 17.1 Å². The number of ether oxygens (including phenoxy) is 1. The van der Waals surface area contributed by atoms with Crippen LogP contribution in [0, 0.1) is 12.8 Å². The summed E-state index contributed by atoms with van der Waals surface area (Å²) >= 11 is 6.14. The lowest BCUT2D eigenvalue weighted by Gasteiger charge is -2.12. The van der Waals surface area contributed by atoms with Crippen LogP contribution in [0.4, 0.5) is 0 Å². The summed E-state index contributed by atoms with van der Waals surface area (Å²) < 4.78 is 11.3. The molecule has 0 amide bonds. The van der Waals surface area contributed by atoms with Gasteiger partial charge in [-0.15, -0.1) is 0 Å². The number of carbonyl (C=O) groups excluding carboxylic acids is 1. The molecule has 0 atom stereocenters. The summed E-state index contributed by atoms with van der Waals surface area (Å²) in [7, 11) is 0. The average molecular weight is 357 g/mol. The fraction of sp³-hybridized carbons (Fsp3) is 0.200. The predicted molar refractivity (Wildman–Crippen MR) is 98.1 cm³/mol. The molecule has 0 fully saturated rings. The Bertz CT molecular complexity index is 1000. The van der Waals surface area contributed by atoms with Gasteiger partial charge in [-0.05, 0) is 24.6 Å². The van der Waals surface area contributed by atoms with Gasteiger partial charge in [-0.25, -0.2) is 0 Å². The first-order valence-electron chi connectivity index (χ1n) is 7.92. The van der Waals surface area contributed by atoms with E-state index < -0.39 is 11.4 Å². The highest BCUT2D eigenvalue weighted by Gasteiger charge is 2.22. The molecule has 25 heavy (non-hydrogen) atoms. The zero-order valence-corrected chi connectivity index (χ0v) is 14.9.